The molecule has 0 aliphatic carbocycles. The van der Waals surface area contributed by atoms with Crippen molar-refractivity contribution >= 4 is 23.4 Å². The first-order chi connectivity index (χ1) is 14.2. The second-order valence-electron chi connectivity index (χ2n) is 6.28. The van der Waals surface area contributed by atoms with E-state index in [2.05, 4.69) is 16.0 Å². The van der Waals surface area contributed by atoms with E-state index in [9.17, 15) is 27.2 Å². The van der Waals surface area contributed by atoms with Crippen LogP contribution in [0.25, 0.3) is 0 Å². The maximum atomic E-state index is 13.2. The molecule has 0 saturated carbocycles. The summed E-state index contributed by atoms with van der Waals surface area (Å²) in [5, 5.41) is 7.62. The van der Waals surface area contributed by atoms with Crippen molar-refractivity contribution in [1.82, 2.24) is 10.6 Å². The zero-order valence-corrected chi connectivity index (χ0v) is 16.2. The van der Waals surface area contributed by atoms with Gasteiger partial charge in [0.25, 0.3) is 0 Å². The normalized spacial score (nSPS) is 11.0. The van der Waals surface area contributed by atoms with Gasteiger partial charge in [0, 0.05) is 31.0 Å². The van der Waals surface area contributed by atoms with Gasteiger partial charge in [0.05, 0.1) is 5.56 Å². The first-order valence-corrected chi connectivity index (χ1v) is 9.23. The second-order valence-corrected chi connectivity index (χ2v) is 6.28. The van der Waals surface area contributed by atoms with Gasteiger partial charge in [0.2, 0.25) is 0 Å². The minimum absolute atomic E-state index is 0.0256. The highest BCUT2D eigenvalue weighted by Crippen LogP contribution is 2.30. The van der Waals surface area contributed by atoms with Crippen LogP contribution in [0.4, 0.5) is 38.5 Å². The Kier molecular flexibility index (Phi) is 8.02. The Morgan fingerprint density at radius 2 is 1.73 bits per heavy atom. The van der Waals surface area contributed by atoms with E-state index in [1.54, 1.807) is 6.92 Å². The highest BCUT2D eigenvalue weighted by Gasteiger charge is 2.30. The average molecular weight is 426 g/mol. The molecule has 2 aromatic rings. The van der Waals surface area contributed by atoms with E-state index in [0.29, 0.717) is 18.7 Å². The first-order valence-electron chi connectivity index (χ1n) is 9.23. The zero-order chi connectivity index (χ0) is 22.1. The summed E-state index contributed by atoms with van der Waals surface area (Å²) in [6, 6.07) is 8.36. The molecular formula is C20H22F4N4O2. The molecule has 0 aromatic heterocycles. The van der Waals surface area contributed by atoms with Crippen LogP contribution in [-0.4, -0.2) is 31.7 Å². The lowest BCUT2D eigenvalue weighted by atomic mass is 10.2. The fraction of sp³-hybridized carbons (Fsp3) is 0.300. The number of nitrogens with one attached hydrogen (secondary N) is 3. The number of nitrogens with zero attached hydrogens (tertiary/aromatic N) is 1. The van der Waals surface area contributed by atoms with Gasteiger partial charge in [-0.05, 0) is 55.8 Å². The van der Waals surface area contributed by atoms with Crippen LogP contribution in [0.5, 0.6) is 0 Å². The molecule has 30 heavy (non-hydrogen) atoms. The molecule has 0 aliphatic rings. The summed E-state index contributed by atoms with van der Waals surface area (Å²) >= 11 is 0. The van der Waals surface area contributed by atoms with Crippen molar-refractivity contribution in [2.24, 2.45) is 0 Å². The molecule has 6 nitrogen and oxygen atoms in total. The Hall–Kier alpha value is -3.30. The molecule has 0 fully saturated rings. The molecule has 0 spiro atoms. The lowest BCUT2D eigenvalue weighted by Crippen LogP contribution is -2.39. The number of hydrogen-bond acceptors (Lipinski definition) is 2. The van der Waals surface area contributed by atoms with Crippen molar-refractivity contribution in [2.75, 3.05) is 29.9 Å². The minimum atomic E-state index is -4.54. The van der Waals surface area contributed by atoms with E-state index in [4.69, 9.17) is 0 Å². The molecule has 0 saturated heterocycles. The smallest absolute Gasteiger partial charge is 0.338 e. The van der Waals surface area contributed by atoms with Gasteiger partial charge in [0.15, 0.2) is 0 Å². The highest BCUT2D eigenvalue weighted by molar-refractivity contribution is 6.01. The van der Waals surface area contributed by atoms with Crippen molar-refractivity contribution in [3.8, 4) is 0 Å². The summed E-state index contributed by atoms with van der Waals surface area (Å²) in [7, 11) is 0. The molecular weight excluding hydrogens is 404 g/mol. The third-order valence-corrected chi connectivity index (χ3v) is 4.01. The van der Waals surface area contributed by atoms with Gasteiger partial charge in [-0.25, -0.2) is 14.0 Å². The predicted molar refractivity (Wildman–Crippen MR) is 106 cm³/mol. The lowest BCUT2D eigenvalue weighted by molar-refractivity contribution is -0.137. The molecule has 162 valence electrons. The monoisotopic (exact) mass is 426 g/mol. The van der Waals surface area contributed by atoms with E-state index in [1.807, 2.05) is 0 Å². The largest absolute Gasteiger partial charge is 0.416 e. The summed E-state index contributed by atoms with van der Waals surface area (Å²) in [5.74, 6) is -0.491. The first kappa shape index (κ1) is 23.0. The van der Waals surface area contributed by atoms with Crippen LogP contribution >= 0.6 is 0 Å². The molecule has 0 unspecified atom stereocenters. The Morgan fingerprint density at radius 1 is 1.03 bits per heavy atom. The van der Waals surface area contributed by atoms with E-state index < -0.39 is 23.6 Å². The van der Waals surface area contributed by atoms with Crippen molar-refractivity contribution in [1.29, 1.82) is 0 Å². The number of carbonyl (C=O) groups excluding carboxylic acids is 2. The van der Waals surface area contributed by atoms with Crippen LogP contribution < -0.4 is 20.9 Å². The maximum absolute atomic E-state index is 13.2. The lowest BCUT2D eigenvalue weighted by Gasteiger charge is -2.23. The molecule has 4 amide bonds. The van der Waals surface area contributed by atoms with Gasteiger partial charge in [-0.15, -0.1) is 0 Å². The van der Waals surface area contributed by atoms with Crippen molar-refractivity contribution in [2.45, 2.75) is 19.5 Å². The maximum Gasteiger partial charge on any atom is 0.416 e. The topological polar surface area (TPSA) is 73.5 Å². The van der Waals surface area contributed by atoms with E-state index in [0.717, 1.165) is 12.1 Å². The number of halogens is 4. The highest BCUT2D eigenvalue weighted by atomic mass is 19.4. The molecule has 0 heterocycles. The van der Waals surface area contributed by atoms with Crippen LogP contribution in [0.15, 0.2) is 48.5 Å². The zero-order valence-electron chi connectivity index (χ0n) is 16.2. The van der Waals surface area contributed by atoms with Crippen LogP contribution in [0.3, 0.4) is 0 Å². The van der Waals surface area contributed by atoms with Crippen molar-refractivity contribution < 1.29 is 27.2 Å². The molecule has 0 atom stereocenters. The van der Waals surface area contributed by atoms with Gasteiger partial charge < -0.3 is 16.0 Å². The van der Waals surface area contributed by atoms with Gasteiger partial charge in [-0.3, -0.25) is 4.90 Å². The second kappa shape index (κ2) is 10.5. The predicted octanol–water partition coefficient (Wildman–Crippen LogP) is 4.59. The molecule has 3 N–H and O–H groups in total. The van der Waals surface area contributed by atoms with Gasteiger partial charge in [0.1, 0.15) is 5.82 Å². The van der Waals surface area contributed by atoms with Crippen LogP contribution in [-0.2, 0) is 6.18 Å². The SMILES string of the molecule is CCNC(=O)NCCCN(C(=O)Nc1cccc(C(F)(F)F)c1)c1ccc(F)cc1. The van der Waals surface area contributed by atoms with Crippen LogP contribution in [0.1, 0.15) is 18.9 Å². The van der Waals surface area contributed by atoms with Crippen LogP contribution in [0.2, 0.25) is 0 Å². The molecule has 2 rings (SSSR count). The van der Waals surface area contributed by atoms with E-state index in [1.165, 1.54) is 41.3 Å². The van der Waals surface area contributed by atoms with E-state index >= 15 is 0 Å². The molecule has 10 heteroatoms. The van der Waals surface area contributed by atoms with Gasteiger partial charge in [-0.2, -0.15) is 13.2 Å². The van der Waals surface area contributed by atoms with Gasteiger partial charge >= 0.3 is 18.2 Å². The number of hydrogen-bond donors (Lipinski definition) is 3. The number of anilines is 2. The third-order valence-electron chi connectivity index (χ3n) is 4.01. The summed E-state index contributed by atoms with van der Waals surface area (Å²) in [6.45, 7) is 2.64. The van der Waals surface area contributed by atoms with Gasteiger partial charge in [-0.1, -0.05) is 6.07 Å². The Bertz CT molecular complexity index is 857. The molecule has 0 bridgehead atoms. The summed E-state index contributed by atoms with van der Waals surface area (Å²) < 4.78 is 51.9. The summed E-state index contributed by atoms with van der Waals surface area (Å²) in [4.78, 5) is 25.4. The Labute approximate surface area is 171 Å². The minimum Gasteiger partial charge on any atom is -0.338 e. The number of rotatable bonds is 7. The van der Waals surface area contributed by atoms with Crippen molar-refractivity contribution in [3.63, 3.8) is 0 Å². The van der Waals surface area contributed by atoms with Crippen LogP contribution in [0, 0.1) is 5.82 Å². The molecule has 0 aliphatic heterocycles. The fourth-order valence-electron chi connectivity index (χ4n) is 2.60. The number of carbonyl (C=O) groups is 2. The number of urea groups is 2. The quantitative estimate of drug-likeness (QED) is 0.448. The summed E-state index contributed by atoms with van der Waals surface area (Å²) in [5.41, 5.74) is -0.555. The number of alkyl halides is 3. The standard InChI is InChI=1S/C20H22F4N4O2/c1-2-25-18(29)26-11-4-12-28(17-9-7-15(21)8-10-17)19(30)27-16-6-3-5-14(13-16)20(22,23)24/h3,5-10,13H,2,4,11-12H2,1H3,(H,27,30)(H2,25,26,29). The summed E-state index contributed by atoms with van der Waals surface area (Å²) in [6.07, 6.45) is -4.17. The Morgan fingerprint density at radius 3 is 2.37 bits per heavy atom. The molecule has 2 aromatic carbocycles. The van der Waals surface area contributed by atoms with Crippen molar-refractivity contribution in [3.05, 3.63) is 59.9 Å². The Balaban J connectivity index is 2.10. The number of benzene rings is 2. The number of amides is 4. The average Bonchev–Trinajstić information content (AvgIpc) is 2.68. The van der Waals surface area contributed by atoms with E-state index in [-0.39, 0.29) is 24.8 Å². The third kappa shape index (κ3) is 6.94. The fourth-order valence-corrected chi connectivity index (χ4v) is 2.60. The molecule has 0 radical (unpaired) electrons.